The van der Waals surface area contributed by atoms with Gasteiger partial charge < -0.3 is 15.0 Å². The van der Waals surface area contributed by atoms with Crippen molar-refractivity contribution in [3.05, 3.63) is 29.3 Å². The molecule has 1 aliphatic rings. The zero-order valence-corrected chi connectivity index (χ0v) is 12.4. The van der Waals surface area contributed by atoms with Crippen molar-refractivity contribution in [2.75, 3.05) is 33.8 Å². The van der Waals surface area contributed by atoms with E-state index in [1.807, 2.05) is 18.2 Å². The van der Waals surface area contributed by atoms with Gasteiger partial charge in [0, 0.05) is 13.1 Å². The van der Waals surface area contributed by atoms with Crippen LogP contribution in [0.4, 0.5) is 0 Å². The van der Waals surface area contributed by atoms with E-state index in [2.05, 4.69) is 23.3 Å². The average Bonchev–Trinajstić information content (AvgIpc) is 2.48. The monoisotopic (exact) mass is 273 g/mol. The molecule has 0 radical (unpaired) electrons. The Hall–Kier alpha value is -1.57. The number of piperidine rings is 1. The van der Waals surface area contributed by atoms with E-state index in [4.69, 9.17) is 10.00 Å². The quantitative estimate of drug-likeness (QED) is 0.891. The molecule has 4 nitrogen and oxygen atoms in total. The molecule has 1 aromatic carbocycles. The van der Waals surface area contributed by atoms with Gasteiger partial charge in [-0.25, -0.2) is 0 Å². The predicted molar refractivity (Wildman–Crippen MR) is 79.6 cm³/mol. The number of nitrogens with one attached hydrogen (secondary N) is 1. The maximum Gasteiger partial charge on any atom is 0.136 e. The van der Waals surface area contributed by atoms with Gasteiger partial charge in [-0.3, -0.25) is 0 Å². The molecular formula is C16H23N3O. The number of hydrogen-bond acceptors (Lipinski definition) is 4. The van der Waals surface area contributed by atoms with Crippen LogP contribution >= 0.6 is 0 Å². The van der Waals surface area contributed by atoms with Gasteiger partial charge in [-0.05, 0) is 56.6 Å². The molecule has 1 aromatic rings. The van der Waals surface area contributed by atoms with Crippen LogP contribution in [0, 0.1) is 17.2 Å². The first-order valence-electron chi connectivity index (χ1n) is 7.19. The Morgan fingerprint density at radius 2 is 2.15 bits per heavy atom. The van der Waals surface area contributed by atoms with E-state index in [0.717, 1.165) is 32.1 Å². The van der Waals surface area contributed by atoms with Crippen molar-refractivity contribution in [3.8, 4) is 11.8 Å². The second-order valence-corrected chi connectivity index (χ2v) is 5.54. The number of ether oxygens (including phenoxy) is 1. The molecule has 1 heterocycles. The van der Waals surface area contributed by atoms with Crippen molar-refractivity contribution in [3.63, 3.8) is 0 Å². The summed E-state index contributed by atoms with van der Waals surface area (Å²) in [7, 11) is 3.75. The van der Waals surface area contributed by atoms with Gasteiger partial charge in [0.15, 0.2) is 0 Å². The fourth-order valence-electron chi connectivity index (χ4n) is 2.82. The van der Waals surface area contributed by atoms with Crippen LogP contribution in [0.3, 0.4) is 0 Å². The fourth-order valence-corrected chi connectivity index (χ4v) is 2.82. The lowest BCUT2D eigenvalue weighted by Gasteiger charge is -2.27. The zero-order chi connectivity index (χ0) is 14.4. The topological polar surface area (TPSA) is 48.3 Å². The highest BCUT2D eigenvalue weighted by Crippen LogP contribution is 2.20. The van der Waals surface area contributed by atoms with Crippen molar-refractivity contribution < 1.29 is 4.74 Å². The highest BCUT2D eigenvalue weighted by Gasteiger charge is 2.15. The molecule has 108 valence electrons. The van der Waals surface area contributed by atoms with Crippen LogP contribution in [0.15, 0.2) is 18.2 Å². The number of methoxy groups -OCH3 is 1. The molecule has 0 saturated carbocycles. The number of benzene rings is 1. The third-order valence-corrected chi connectivity index (χ3v) is 3.87. The summed E-state index contributed by atoms with van der Waals surface area (Å²) < 4.78 is 5.17. The normalized spacial score (nSPS) is 16.1. The van der Waals surface area contributed by atoms with Crippen molar-refractivity contribution in [2.45, 2.75) is 19.4 Å². The van der Waals surface area contributed by atoms with Gasteiger partial charge in [0.25, 0.3) is 0 Å². The summed E-state index contributed by atoms with van der Waals surface area (Å²) in [6.45, 7) is 4.28. The van der Waals surface area contributed by atoms with Crippen molar-refractivity contribution >= 4 is 0 Å². The van der Waals surface area contributed by atoms with E-state index >= 15 is 0 Å². The minimum absolute atomic E-state index is 0.611. The lowest BCUT2D eigenvalue weighted by atomic mass is 9.97. The molecule has 0 spiro atoms. The summed E-state index contributed by atoms with van der Waals surface area (Å²) in [5.74, 6) is 1.44. The van der Waals surface area contributed by atoms with Crippen molar-refractivity contribution in [1.82, 2.24) is 10.2 Å². The van der Waals surface area contributed by atoms with E-state index in [-0.39, 0.29) is 0 Å². The molecule has 2 rings (SSSR count). The van der Waals surface area contributed by atoms with E-state index in [1.165, 1.54) is 18.4 Å². The fraction of sp³-hybridized carbons (Fsp3) is 0.562. The van der Waals surface area contributed by atoms with Gasteiger partial charge in [0.2, 0.25) is 0 Å². The first kappa shape index (κ1) is 14.8. The van der Waals surface area contributed by atoms with Crippen LogP contribution < -0.4 is 10.1 Å². The molecule has 0 atom stereocenters. The number of hydrogen-bond donors (Lipinski definition) is 1. The largest absolute Gasteiger partial charge is 0.495 e. The van der Waals surface area contributed by atoms with Crippen LogP contribution in [0.1, 0.15) is 24.0 Å². The smallest absolute Gasteiger partial charge is 0.136 e. The Balaban J connectivity index is 1.93. The number of rotatable bonds is 5. The minimum atomic E-state index is 0.611. The van der Waals surface area contributed by atoms with E-state index < -0.39 is 0 Å². The molecule has 0 amide bonds. The first-order valence-corrected chi connectivity index (χ1v) is 7.19. The van der Waals surface area contributed by atoms with Gasteiger partial charge in [0.05, 0.1) is 12.7 Å². The lowest BCUT2D eigenvalue weighted by Crippen LogP contribution is -2.34. The van der Waals surface area contributed by atoms with E-state index in [1.54, 1.807) is 7.11 Å². The molecule has 20 heavy (non-hydrogen) atoms. The maximum atomic E-state index is 9.12. The molecule has 1 N–H and O–H groups in total. The standard InChI is InChI=1S/C16H23N3O/c1-19(11-13-5-7-18-8-6-13)12-14-3-4-16(20-2)15(9-14)10-17/h3-4,9,13,18H,5-8,11-12H2,1-2H3. The summed E-state index contributed by atoms with van der Waals surface area (Å²) in [4.78, 5) is 2.35. The molecule has 1 fully saturated rings. The van der Waals surface area contributed by atoms with Crippen LogP contribution in [0.2, 0.25) is 0 Å². The Morgan fingerprint density at radius 3 is 2.80 bits per heavy atom. The van der Waals surface area contributed by atoms with E-state index in [0.29, 0.717) is 11.3 Å². The molecule has 0 aliphatic carbocycles. The van der Waals surface area contributed by atoms with Gasteiger partial charge in [-0.2, -0.15) is 5.26 Å². The van der Waals surface area contributed by atoms with Crippen LogP contribution in [0.5, 0.6) is 5.75 Å². The lowest BCUT2D eigenvalue weighted by molar-refractivity contribution is 0.234. The van der Waals surface area contributed by atoms with Gasteiger partial charge in [-0.15, -0.1) is 0 Å². The SMILES string of the molecule is COc1ccc(CN(C)CC2CCNCC2)cc1C#N. The Bertz CT molecular complexity index is 475. The second kappa shape index (κ2) is 7.28. The number of nitrogens with zero attached hydrogens (tertiary/aromatic N) is 2. The minimum Gasteiger partial charge on any atom is -0.495 e. The van der Waals surface area contributed by atoms with E-state index in [9.17, 15) is 0 Å². The second-order valence-electron chi connectivity index (χ2n) is 5.54. The number of nitriles is 1. The van der Waals surface area contributed by atoms with Crippen LogP contribution in [-0.2, 0) is 6.54 Å². The van der Waals surface area contributed by atoms with Crippen molar-refractivity contribution in [1.29, 1.82) is 5.26 Å². The molecule has 0 aromatic heterocycles. The van der Waals surface area contributed by atoms with Gasteiger partial charge in [-0.1, -0.05) is 6.07 Å². The van der Waals surface area contributed by atoms with Gasteiger partial charge in [0.1, 0.15) is 11.8 Å². The maximum absolute atomic E-state index is 9.12. The first-order chi connectivity index (χ1) is 9.72. The molecule has 4 heteroatoms. The highest BCUT2D eigenvalue weighted by atomic mass is 16.5. The predicted octanol–water partition coefficient (Wildman–Crippen LogP) is 2.00. The summed E-state index contributed by atoms with van der Waals surface area (Å²) in [6, 6.07) is 8.04. The highest BCUT2D eigenvalue weighted by molar-refractivity contribution is 5.45. The summed E-state index contributed by atoms with van der Waals surface area (Å²) >= 11 is 0. The molecule has 1 saturated heterocycles. The Morgan fingerprint density at radius 1 is 1.40 bits per heavy atom. The third kappa shape index (κ3) is 3.96. The summed E-state index contributed by atoms with van der Waals surface area (Å²) in [6.07, 6.45) is 2.52. The van der Waals surface area contributed by atoms with Crippen LogP contribution in [-0.4, -0.2) is 38.7 Å². The average molecular weight is 273 g/mol. The Kier molecular flexibility index (Phi) is 5.40. The molecular weight excluding hydrogens is 250 g/mol. The van der Waals surface area contributed by atoms with Crippen molar-refractivity contribution in [2.24, 2.45) is 5.92 Å². The molecule has 0 bridgehead atoms. The summed E-state index contributed by atoms with van der Waals surface area (Å²) in [5, 5.41) is 12.5. The zero-order valence-electron chi connectivity index (χ0n) is 12.4. The summed E-state index contributed by atoms with van der Waals surface area (Å²) in [5.41, 5.74) is 1.78. The molecule has 0 unspecified atom stereocenters. The molecule has 1 aliphatic heterocycles. The Labute approximate surface area is 121 Å². The van der Waals surface area contributed by atoms with Gasteiger partial charge >= 0.3 is 0 Å². The van der Waals surface area contributed by atoms with Crippen LogP contribution in [0.25, 0.3) is 0 Å². The third-order valence-electron chi connectivity index (χ3n) is 3.87.